The Kier molecular flexibility index (Phi) is 7.99. The SMILES string of the molecule is CN(C)c1cccc2c(S(=O)(=O)C(SSCC(N)C(=O)O)C(N)C(=O)O)cccc12. The van der Waals surface area contributed by atoms with Gasteiger partial charge in [-0.15, -0.1) is 0 Å². The second-order valence-corrected chi connectivity index (χ2v) is 11.5. The van der Waals surface area contributed by atoms with Crippen molar-refractivity contribution in [2.24, 2.45) is 11.5 Å². The van der Waals surface area contributed by atoms with Crippen molar-refractivity contribution >= 4 is 59.8 Å². The summed E-state index contributed by atoms with van der Waals surface area (Å²) in [7, 11) is 1.01. The van der Waals surface area contributed by atoms with Crippen LogP contribution in [-0.2, 0) is 19.4 Å². The maximum atomic E-state index is 13.4. The summed E-state index contributed by atoms with van der Waals surface area (Å²) in [4.78, 5) is 24.2. The van der Waals surface area contributed by atoms with E-state index in [0.717, 1.165) is 16.5 Å². The fraction of sp³-hybridized carbons (Fsp3) is 0.333. The lowest BCUT2D eigenvalue weighted by molar-refractivity contribution is -0.139. The molecule has 0 saturated heterocycles. The minimum atomic E-state index is -4.20. The summed E-state index contributed by atoms with van der Waals surface area (Å²) in [6, 6.07) is 7.05. The molecule has 0 aliphatic carbocycles. The molecule has 12 heteroatoms. The third-order valence-corrected chi connectivity index (χ3v) is 10.1. The standard InChI is InChI=1S/C18H23N3O6S3/c1-21(2)13-7-3-6-11-10(13)5-4-8-14(11)30(26,27)18(15(20)17(24)25)29-28-9-12(19)16(22)23/h3-8,12,15,18H,9,19-20H2,1-2H3,(H,22,23)(H,24,25). The van der Waals surface area contributed by atoms with Crippen molar-refractivity contribution < 1.29 is 28.2 Å². The monoisotopic (exact) mass is 473 g/mol. The Hall–Kier alpha value is -1.99. The van der Waals surface area contributed by atoms with E-state index in [1.807, 2.05) is 25.1 Å². The predicted octanol–water partition coefficient (Wildman–Crippen LogP) is 1.21. The molecule has 0 aliphatic rings. The first-order valence-electron chi connectivity index (χ1n) is 8.66. The first-order chi connectivity index (χ1) is 14.0. The second kappa shape index (κ2) is 9.88. The van der Waals surface area contributed by atoms with Gasteiger partial charge in [-0.1, -0.05) is 45.9 Å². The van der Waals surface area contributed by atoms with Gasteiger partial charge in [-0.2, -0.15) is 0 Å². The Morgan fingerprint density at radius 1 is 1.03 bits per heavy atom. The van der Waals surface area contributed by atoms with Gasteiger partial charge in [-0.3, -0.25) is 9.59 Å². The van der Waals surface area contributed by atoms with Gasteiger partial charge < -0.3 is 26.6 Å². The molecule has 0 aromatic heterocycles. The van der Waals surface area contributed by atoms with E-state index < -0.39 is 38.4 Å². The number of nitrogens with two attached hydrogens (primary N) is 2. The number of hydrogen-bond donors (Lipinski definition) is 4. The number of fused-ring (bicyclic) bond motifs is 1. The number of carboxylic acids is 2. The molecule has 2 rings (SSSR count). The number of aliphatic carboxylic acids is 2. The maximum absolute atomic E-state index is 13.4. The zero-order valence-corrected chi connectivity index (χ0v) is 18.7. The maximum Gasteiger partial charge on any atom is 0.322 e. The molecule has 0 radical (unpaired) electrons. The van der Waals surface area contributed by atoms with Gasteiger partial charge in [-0.05, 0) is 12.1 Å². The van der Waals surface area contributed by atoms with Crippen LogP contribution in [0.1, 0.15) is 0 Å². The van der Waals surface area contributed by atoms with Crippen molar-refractivity contribution in [3.8, 4) is 0 Å². The first-order valence-corrected chi connectivity index (χ1v) is 12.6. The van der Waals surface area contributed by atoms with E-state index in [1.165, 1.54) is 6.07 Å². The van der Waals surface area contributed by atoms with Crippen molar-refractivity contribution in [3.63, 3.8) is 0 Å². The Morgan fingerprint density at radius 2 is 1.63 bits per heavy atom. The smallest absolute Gasteiger partial charge is 0.322 e. The van der Waals surface area contributed by atoms with E-state index in [4.69, 9.17) is 16.6 Å². The second-order valence-electron chi connectivity index (χ2n) is 6.63. The van der Waals surface area contributed by atoms with E-state index in [0.29, 0.717) is 21.6 Å². The van der Waals surface area contributed by atoms with Crippen molar-refractivity contribution in [2.45, 2.75) is 21.6 Å². The number of carboxylic acid groups (broad SMARTS) is 2. The van der Waals surface area contributed by atoms with Crippen LogP contribution in [-0.4, -0.2) is 67.1 Å². The molecule has 0 bridgehead atoms. The molecule has 0 aliphatic heterocycles. The molecular weight excluding hydrogens is 450 g/mol. The molecule has 3 atom stereocenters. The fourth-order valence-corrected chi connectivity index (χ4v) is 8.54. The molecule has 0 spiro atoms. The number of hydrogen-bond acceptors (Lipinski definition) is 9. The van der Waals surface area contributed by atoms with E-state index in [1.54, 1.807) is 24.3 Å². The number of nitrogens with zero attached hydrogens (tertiary/aromatic N) is 1. The van der Waals surface area contributed by atoms with Crippen LogP contribution in [0, 0.1) is 0 Å². The van der Waals surface area contributed by atoms with Gasteiger partial charge in [0.25, 0.3) is 0 Å². The van der Waals surface area contributed by atoms with Crippen molar-refractivity contribution in [1.82, 2.24) is 0 Å². The minimum absolute atomic E-state index is 0.0407. The Morgan fingerprint density at radius 3 is 2.20 bits per heavy atom. The van der Waals surface area contributed by atoms with Gasteiger partial charge >= 0.3 is 11.9 Å². The number of rotatable bonds is 10. The molecule has 2 aromatic carbocycles. The molecular formula is C18H23N3O6S3. The van der Waals surface area contributed by atoms with Crippen LogP contribution in [0.3, 0.4) is 0 Å². The van der Waals surface area contributed by atoms with Crippen LogP contribution >= 0.6 is 21.6 Å². The summed E-state index contributed by atoms with van der Waals surface area (Å²) in [5, 5.41) is 19.4. The van der Waals surface area contributed by atoms with Crippen LogP contribution in [0.2, 0.25) is 0 Å². The largest absolute Gasteiger partial charge is 0.480 e. The summed E-state index contributed by atoms with van der Waals surface area (Å²) in [6.45, 7) is 0. The third kappa shape index (κ3) is 5.19. The molecule has 164 valence electrons. The van der Waals surface area contributed by atoms with E-state index >= 15 is 0 Å². The zero-order chi connectivity index (χ0) is 22.6. The van der Waals surface area contributed by atoms with E-state index in [2.05, 4.69) is 0 Å². The minimum Gasteiger partial charge on any atom is -0.480 e. The van der Waals surface area contributed by atoms with Gasteiger partial charge in [0, 0.05) is 36.3 Å². The summed E-state index contributed by atoms with van der Waals surface area (Å²) in [5.41, 5.74) is 12.0. The highest BCUT2D eigenvalue weighted by Gasteiger charge is 2.39. The van der Waals surface area contributed by atoms with Gasteiger partial charge in [0.2, 0.25) is 0 Å². The van der Waals surface area contributed by atoms with Crippen molar-refractivity contribution in [3.05, 3.63) is 36.4 Å². The van der Waals surface area contributed by atoms with E-state index in [-0.39, 0.29) is 10.6 Å². The van der Waals surface area contributed by atoms with Crippen LogP contribution in [0.15, 0.2) is 41.3 Å². The lowest BCUT2D eigenvalue weighted by atomic mass is 10.1. The summed E-state index contributed by atoms with van der Waals surface area (Å²) < 4.78 is 25.3. The van der Waals surface area contributed by atoms with Crippen molar-refractivity contribution in [1.29, 1.82) is 0 Å². The van der Waals surface area contributed by atoms with Crippen LogP contribution in [0.25, 0.3) is 10.8 Å². The van der Waals surface area contributed by atoms with Gasteiger partial charge in [-0.25, -0.2) is 8.42 Å². The third-order valence-electron chi connectivity index (χ3n) is 4.26. The molecule has 30 heavy (non-hydrogen) atoms. The van der Waals surface area contributed by atoms with Crippen LogP contribution in [0.4, 0.5) is 5.69 Å². The highest BCUT2D eigenvalue weighted by molar-refractivity contribution is 8.78. The van der Waals surface area contributed by atoms with Crippen LogP contribution < -0.4 is 16.4 Å². The summed E-state index contributed by atoms with van der Waals surface area (Å²) >= 11 is 0. The number of benzene rings is 2. The highest BCUT2D eigenvalue weighted by Crippen LogP contribution is 2.38. The molecule has 3 unspecified atom stereocenters. The molecule has 0 fully saturated rings. The topological polar surface area (TPSA) is 164 Å². The average Bonchev–Trinajstić information content (AvgIpc) is 2.68. The van der Waals surface area contributed by atoms with E-state index in [9.17, 15) is 23.1 Å². The quantitative estimate of drug-likeness (QED) is 0.367. The first kappa shape index (κ1) is 24.3. The summed E-state index contributed by atoms with van der Waals surface area (Å²) in [5.74, 6) is -2.83. The molecule has 0 heterocycles. The molecule has 2 aromatic rings. The molecule has 0 saturated carbocycles. The number of carbonyl (C=O) groups is 2. The summed E-state index contributed by atoms with van der Waals surface area (Å²) in [6.07, 6.45) is 0. The van der Waals surface area contributed by atoms with Crippen molar-refractivity contribution in [2.75, 3.05) is 24.7 Å². The average molecular weight is 474 g/mol. The van der Waals surface area contributed by atoms with Crippen LogP contribution in [0.5, 0.6) is 0 Å². The number of anilines is 1. The Balaban J connectivity index is 2.51. The zero-order valence-electron chi connectivity index (χ0n) is 16.3. The Labute approximate surface area is 182 Å². The highest BCUT2D eigenvalue weighted by atomic mass is 33.1. The predicted molar refractivity (Wildman–Crippen MR) is 121 cm³/mol. The fourth-order valence-electron chi connectivity index (χ4n) is 2.70. The van der Waals surface area contributed by atoms with Gasteiger partial charge in [0.1, 0.15) is 16.7 Å². The lowest BCUT2D eigenvalue weighted by Gasteiger charge is -2.22. The molecule has 6 N–H and O–H groups in total. The molecule has 9 nitrogen and oxygen atoms in total. The van der Waals surface area contributed by atoms with Gasteiger partial charge in [0.15, 0.2) is 9.84 Å². The lowest BCUT2D eigenvalue weighted by Crippen LogP contribution is -2.44. The van der Waals surface area contributed by atoms with Gasteiger partial charge in [0.05, 0.1) is 4.90 Å². The normalized spacial score (nSPS) is 14.8. The Bertz CT molecular complexity index is 1040. The molecule has 0 amide bonds. The number of sulfone groups is 1.